The number of rotatable bonds is 5. The highest BCUT2D eigenvalue weighted by Crippen LogP contribution is 2.05. The first-order valence-electron chi connectivity index (χ1n) is 5.15. The van der Waals surface area contributed by atoms with Crippen molar-refractivity contribution in [3.63, 3.8) is 0 Å². The summed E-state index contributed by atoms with van der Waals surface area (Å²) in [6, 6.07) is 1.42. The van der Waals surface area contributed by atoms with Gasteiger partial charge in [-0.05, 0) is 24.5 Å². The SMILES string of the molecule is CCCn1ccc(CC(N)C(=O)OC)c1. The van der Waals surface area contributed by atoms with Crippen molar-refractivity contribution in [2.24, 2.45) is 5.73 Å². The fourth-order valence-electron chi connectivity index (χ4n) is 1.50. The Morgan fingerprint density at radius 1 is 1.67 bits per heavy atom. The molecule has 0 aliphatic carbocycles. The summed E-state index contributed by atoms with van der Waals surface area (Å²) < 4.78 is 6.66. The highest BCUT2D eigenvalue weighted by Gasteiger charge is 2.14. The van der Waals surface area contributed by atoms with Crippen LogP contribution < -0.4 is 5.73 Å². The Labute approximate surface area is 90.0 Å². The molecular weight excluding hydrogens is 192 g/mol. The second-order valence-electron chi connectivity index (χ2n) is 3.59. The number of ether oxygens (including phenoxy) is 1. The summed E-state index contributed by atoms with van der Waals surface area (Å²) in [6.07, 6.45) is 5.65. The van der Waals surface area contributed by atoms with E-state index in [1.165, 1.54) is 7.11 Å². The average Bonchev–Trinajstić information content (AvgIpc) is 2.65. The number of hydrogen-bond acceptors (Lipinski definition) is 3. The largest absolute Gasteiger partial charge is 0.468 e. The summed E-state index contributed by atoms with van der Waals surface area (Å²) in [5.41, 5.74) is 6.73. The number of esters is 1. The van der Waals surface area contributed by atoms with E-state index in [0.29, 0.717) is 6.42 Å². The number of carbonyl (C=O) groups is 1. The zero-order chi connectivity index (χ0) is 11.3. The van der Waals surface area contributed by atoms with Crippen LogP contribution >= 0.6 is 0 Å². The van der Waals surface area contributed by atoms with E-state index in [-0.39, 0.29) is 5.97 Å². The first-order valence-corrected chi connectivity index (χ1v) is 5.15. The lowest BCUT2D eigenvalue weighted by molar-refractivity contribution is -0.142. The third kappa shape index (κ3) is 3.40. The fraction of sp³-hybridized carbons (Fsp3) is 0.545. The lowest BCUT2D eigenvalue weighted by Crippen LogP contribution is -2.33. The van der Waals surface area contributed by atoms with Gasteiger partial charge < -0.3 is 15.0 Å². The van der Waals surface area contributed by atoms with Gasteiger partial charge in [-0.25, -0.2) is 0 Å². The van der Waals surface area contributed by atoms with Crippen LogP contribution in [-0.2, 0) is 22.5 Å². The van der Waals surface area contributed by atoms with Crippen molar-refractivity contribution in [3.8, 4) is 0 Å². The van der Waals surface area contributed by atoms with Gasteiger partial charge in [-0.2, -0.15) is 0 Å². The maximum Gasteiger partial charge on any atom is 0.322 e. The molecule has 0 aliphatic rings. The molecule has 0 saturated carbocycles. The maximum absolute atomic E-state index is 11.1. The first-order chi connectivity index (χ1) is 7.17. The number of aryl methyl sites for hydroxylation is 1. The molecule has 1 rings (SSSR count). The average molecular weight is 210 g/mol. The van der Waals surface area contributed by atoms with Crippen LogP contribution in [0.25, 0.3) is 0 Å². The molecule has 0 aromatic carbocycles. The highest BCUT2D eigenvalue weighted by atomic mass is 16.5. The Morgan fingerprint density at radius 2 is 2.40 bits per heavy atom. The van der Waals surface area contributed by atoms with Crippen molar-refractivity contribution in [2.75, 3.05) is 7.11 Å². The van der Waals surface area contributed by atoms with E-state index in [1.54, 1.807) is 0 Å². The number of nitrogens with two attached hydrogens (primary N) is 1. The number of methoxy groups -OCH3 is 1. The maximum atomic E-state index is 11.1. The number of hydrogen-bond donors (Lipinski definition) is 1. The monoisotopic (exact) mass is 210 g/mol. The molecule has 0 amide bonds. The number of carbonyl (C=O) groups excluding carboxylic acids is 1. The molecule has 0 spiro atoms. The highest BCUT2D eigenvalue weighted by molar-refractivity contribution is 5.75. The molecule has 1 aromatic heterocycles. The first kappa shape index (κ1) is 11.8. The minimum absolute atomic E-state index is 0.363. The molecule has 1 unspecified atom stereocenters. The van der Waals surface area contributed by atoms with Crippen molar-refractivity contribution >= 4 is 5.97 Å². The third-order valence-corrected chi connectivity index (χ3v) is 2.25. The molecule has 4 nitrogen and oxygen atoms in total. The molecule has 0 aliphatic heterocycles. The number of nitrogens with zero attached hydrogens (tertiary/aromatic N) is 1. The van der Waals surface area contributed by atoms with Crippen molar-refractivity contribution in [2.45, 2.75) is 32.4 Å². The van der Waals surface area contributed by atoms with Crippen molar-refractivity contribution in [3.05, 3.63) is 24.0 Å². The van der Waals surface area contributed by atoms with E-state index in [2.05, 4.69) is 16.2 Å². The molecule has 2 N–H and O–H groups in total. The lowest BCUT2D eigenvalue weighted by atomic mass is 10.1. The molecule has 0 saturated heterocycles. The van der Waals surface area contributed by atoms with E-state index in [0.717, 1.165) is 18.5 Å². The Kier molecular flexibility index (Phi) is 4.37. The van der Waals surface area contributed by atoms with Crippen LogP contribution in [0.5, 0.6) is 0 Å². The van der Waals surface area contributed by atoms with Gasteiger partial charge >= 0.3 is 5.97 Å². The third-order valence-electron chi connectivity index (χ3n) is 2.25. The Morgan fingerprint density at radius 3 is 3.00 bits per heavy atom. The predicted octanol–water partition coefficient (Wildman–Crippen LogP) is 0.941. The molecule has 4 heteroatoms. The summed E-state index contributed by atoms with van der Waals surface area (Å²) >= 11 is 0. The summed E-state index contributed by atoms with van der Waals surface area (Å²) in [6.45, 7) is 3.12. The molecule has 0 bridgehead atoms. The van der Waals surface area contributed by atoms with Crippen LogP contribution in [-0.4, -0.2) is 23.7 Å². The van der Waals surface area contributed by atoms with Gasteiger partial charge in [-0.1, -0.05) is 6.92 Å². The van der Waals surface area contributed by atoms with E-state index < -0.39 is 6.04 Å². The van der Waals surface area contributed by atoms with Crippen molar-refractivity contribution in [1.82, 2.24) is 4.57 Å². The topological polar surface area (TPSA) is 57.2 Å². The van der Waals surface area contributed by atoms with Crippen LogP contribution in [0.2, 0.25) is 0 Å². The molecule has 15 heavy (non-hydrogen) atoms. The Bertz CT molecular complexity index is 320. The van der Waals surface area contributed by atoms with Crippen molar-refractivity contribution in [1.29, 1.82) is 0 Å². The smallest absolute Gasteiger partial charge is 0.322 e. The Hall–Kier alpha value is -1.29. The van der Waals surface area contributed by atoms with Gasteiger partial charge in [0.25, 0.3) is 0 Å². The van der Waals surface area contributed by atoms with E-state index >= 15 is 0 Å². The zero-order valence-electron chi connectivity index (χ0n) is 9.27. The van der Waals surface area contributed by atoms with Gasteiger partial charge in [-0.3, -0.25) is 4.79 Å². The molecule has 1 heterocycles. The molecular formula is C11H18N2O2. The second kappa shape index (κ2) is 5.56. The van der Waals surface area contributed by atoms with E-state index in [9.17, 15) is 4.79 Å². The quantitative estimate of drug-likeness (QED) is 0.736. The van der Waals surface area contributed by atoms with Gasteiger partial charge in [0.1, 0.15) is 6.04 Å². The Balaban J connectivity index is 2.53. The lowest BCUT2D eigenvalue weighted by Gasteiger charge is -2.07. The molecule has 84 valence electrons. The van der Waals surface area contributed by atoms with Gasteiger partial charge in [-0.15, -0.1) is 0 Å². The van der Waals surface area contributed by atoms with Gasteiger partial charge in [0, 0.05) is 18.9 Å². The van der Waals surface area contributed by atoms with Gasteiger partial charge in [0.2, 0.25) is 0 Å². The minimum atomic E-state index is -0.563. The van der Waals surface area contributed by atoms with Crippen LogP contribution in [0, 0.1) is 0 Å². The summed E-state index contributed by atoms with van der Waals surface area (Å²) in [7, 11) is 1.35. The molecule has 0 radical (unpaired) electrons. The van der Waals surface area contributed by atoms with Gasteiger partial charge in [0.05, 0.1) is 7.11 Å². The molecule has 1 atom stereocenters. The normalized spacial score (nSPS) is 12.5. The minimum Gasteiger partial charge on any atom is -0.468 e. The summed E-state index contributed by atoms with van der Waals surface area (Å²) in [4.78, 5) is 11.1. The zero-order valence-corrected chi connectivity index (χ0v) is 9.27. The second-order valence-corrected chi connectivity index (χ2v) is 3.59. The van der Waals surface area contributed by atoms with Crippen LogP contribution in [0.3, 0.4) is 0 Å². The fourth-order valence-corrected chi connectivity index (χ4v) is 1.50. The molecule has 1 aromatic rings. The van der Waals surface area contributed by atoms with E-state index in [4.69, 9.17) is 5.73 Å². The summed E-state index contributed by atoms with van der Waals surface area (Å²) in [5.74, 6) is -0.363. The van der Waals surface area contributed by atoms with Crippen LogP contribution in [0.15, 0.2) is 18.5 Å². The summed E-state index contributed by atoms with van der Waals surface area (Å²) in [5, 5.41) is 0. The van der Waals surface area contributed by atoms with Gasteiger partial charge in [0.15, 0.2) is 0 Å². The standard InChI is InChI=1S/C11H18N2O2/c1-3-5-13-6-4-9(8-13)7-10(12)11(14)15-2/h4,6,8,10H,3,5,7,12H2,1-2H3. The number of aromatic nitrogens is 1. The predicted molar refractivity (Wildman–Crippen MR) is 58.4 cm³/mol. The van der Waals surface area contributed by atoms with Crippen LogP contribution in [0.1, 0.15) is 18.9 Å². The molecule has 0 fully saturated rings. The van der Waals surface area contributed by atoms with Crippen molar-refractivity contribution < 1.29 is 9.53 Å². The van der Waals surface area contributed by atoms with Crippen LogP contribution in [0.4, 0.5) is 0 Å². The van der Waals surface area contributed by atoms with E-state index in [1.807, 2.05) is 18.5 Å².